The summed E-state index contributed by atoms with van der Waals surface area (Å²) < 4.78 is 12.9. The van der Waals surface area contributed by atoms with Gasteiger partial charge in [0.25, 0.3) is 0 Å². The van der Waals surface area contributed by atoms with Gasteiger partial charge in [0.2, 0.25) is 0 Å². The van der Waals surface area contributed by atoms with Crippen molar-refractivity contribution in [2.24, 2.45) is 11.1 Å². The molecule has 2 rings (SSSR count). The zero-order valence-corrected chi connectivity index (χ0v) is 8.46. The molecule has 2 N–H and O–H groups in total. The number of benzene rings is 1. The summed E-state index contributed by atoms with van der Waals surface area (Å²) in [4.78, 5) is 0. The van der Waals surface area contributed by atoms with Gasteiger partial charge in [-0.1, -0.05) is 19.1 Å². The molecule has 0 saturated heterocycles. The van der Waals surface area contributed by atoms with Crippen molar-refractivity contribution >= 4 is 0 Å². The van der Waals surface area contributed by atoms with E-state index in [0.29, 0.717) is 5.41 Å². The molecule has 0 bridgehead atoms. The fourth-order valence-electron chi connectivity index (χ4n) is 1.73. The van der Waals surface area contributed by atoms with Crippen molar-refractivity contribution in [1.29, 1.82) is 0 Å². The van der Waals surface area contributed by atoms with Crippen LogP contribution in [0.15, 0.2) is 24.3 Å². The molecule has 1 nitrogen and oxygen atoms in total. The Morgan fingerprint density at radius 1 is 1.50 bits per heavy atom. The number of hydrogen-bond acceptors (Lipinski definition) is 1. The maximum Gasteiger partial charge on any atom is 0.123 e. The van der Waals surface area contributed by atoms with Gasteiger partial charge >= 0.3 is 0 Å². The van der Waals surface area contributed by atoms with Crippen molar-refractivity contribution in [2.45, 2.75) is 32.2 Å². The average molecular weight is 193 g/mol. The molecular formula is C12H16FN. The molecule has 0 aliphatic heterocycles. The fourth-order valence-corrected chi connectivity index (χ4v) is 1.73. The summed E-state index contributed by atoms with van der Waals surface area (Å²) in [6.45, 7) is 2.21. The Morgan fingerprint density at radius 2 is 2.21 bits per heavy atom. The highest BCUT2D eigenvalue weighted by atomic mass is 19.1. The van der Waals surface area contributed by atoms with Gasteiger partial charge in [0.15, 0.2) is 0 Å². The molecule has 2 heteroatoms. The Morgan fingerprint density at radius 3 is 2.79 bits per heavy atom. The summed E-state index contributed by atoms with van der Waals surface area (Å²) in [5.41, 5.74) is 7.39. The molecule has 0 amide bonds. The molecular weight excluding hydrogens is 177 g/mol. The van der Waals surface area contributed by atoms with E-state index in [9.17, 15) is 4.39 Å². The molecule has 0 aromatic heterocycles. The van der Waals surface area contributed by atoms with E-state index >= 15 is 0 Å². The summed E-state index contributed by atoms with van der Waals surface area (Å²) >= 11 is 0. The smallest absolute Gasteiger partial charge is 0.123 e. The topological polar surface area (TPSA) is 26.0 Å². The molecule has 1 aliphatic carbocycles. The van der Waals surface area contributed by atoms with Gasteiger partial charge in [0.05, 0.1) is 0 Å². The largest absolute Gasteiger partial charge is 0.327 e. The standard InChI is InChI=1S/C12H16FN/c1-12(5-6-12)11(14)8-9-3-2-4-10(13)7-9/h2-4,7,11H,5-6,8,14H2,1H3. The van der Waals surface area contributed by atoms with Crippen molar-refractivity contribution in [1.82, 2.24) is 0 Å². The second kappa shape index (κ2) is 3.35. The lowest BCUT2D eigenvalue weighted by molar-refractivity contribution is 0.432. The van der Waals surface area contributed by atoms with Gasteiger partial charge in [-0.2, -0.15) is 0 Å². The number of hydrogen-bond donors (Lipinski definition) is 1. The van der Waals surface area contributed by atoms with E-state index in [4.69, 9.17) is 5.73 Å². The Kier molecular flexibility index (Phi) is 2.31. The quantitative estimate of drug-likeness (QED) is 0.784. The van der Waals surface area contributed by atoms with Gasteiger partial charge in [-0.15, -0.1) is 0 Å². The minimum Gasteiger partial charge on any atom is -0.327 e. The van der Waals surface area contributed by atoms with Crippen LogP contribution in [-0.2, 0) is 6.42 Å². The number of rotatable bonds is 3. The highest BCUT2D eigenvalue weighted by Gasteiger charge is 2.42. The van der Waals surface area contributed by atoms with Crippen LogP contribution in [0.3, 0.4) is 0 Å². The Balaban J connectivity index is 2.03. The molecule has 14 heavy (non-hydrogen) atoms. The van der Waals surface area contributed by atoms with Gasteiger partial charge in [-0.25, -0.2) is 4.39 Å². The maximum atomic E-state index is 12.9. The zero-order chi connectivity index (χ0) is 10.2. The molecule has 0 radical (unpaired) electrons. The third-order valence-electron chi connectivity index (χ3n) is 3.28. The van der Waals surface area contributed by atoms with E-state index in [0.717, 1.165) is 12.0 Å². The van der Waals surface area contributed by atoms with Gasteiger partial charge in [-0.05, 0) is 42.4 Å². The van der Waals surface area contributed by atoms with E-state index in [2.05, 4.69) is 6.92 Å². The second-order valence-electron chi connectivity index (χ2n) is 4.59. The molecule has 76 valence electrons. The first-order valence-electron chi connectivity index (χ1n) is 5.10. The lowest BCUT2D eigenvalue weighted by Gasteiger charge is -2.18. The summed E-state index contributed by atoms with van der Waals surface area (Å²) in [6, 6.07) is 6.89. The third kappa shape index (κ3) is 1.95. The van der Waals surface area contributed by atoms with Crippen LogP contribution in [0.5, 0.6) is 0 Å². The molecule has 1 aromatic carbocycles. The lowest BCUT2D eigenvalue weighted by Crippen LogP contribution is -2.31. The predicted molar refractivity (Wildman–Crippen MR) is 55.4 cm³/mol. The monoisotopic (exact) mass is 193 g/mol. The van der Waals surface area contributed by atoms with Crippen molar-refractivity contribution in [2.75, 3.05) is 0 Å². The van der Waals surface area contributed by atoms with Crippen LogP contribution < -0.4 is 5.73 Å². The Hall–Kier alpha value is -0.890. The second-order valence-corrected chi connectivity index (χ2v) is 4.59. The first kappa shape index (κ1) is 9.66. The van der Waals surface area contributed by atoms with Crippen LogP contribution in [0, 0.1) is 11.2 Å². The van der Waals surface area contributed by atoms with E-state index in [-0.39, 0.29) is 11.9 Å². The summed E-state index contributed by atoms with van der Waals surface area (Å²) in [5.74, 6) is -0.171. The maximum absolute atomic E-state index is 12.9. The van der Waals surface area contributed by atoms with E-state index < -0.39 is 0 Å². The van der Waals surface area contributed by atoms with E-state index in [1.807, 2.05) is 6.07 Å². The summed E-state index contributed by atoms with van der Waals surface area (Å²) in [6.07, 6.45) is 3.21. The van der Waals surface area contributed by atoms with Gasteiger partial charge in [0, 0.05) is 6.04 Å². The van der Waals surface area contributed by atoms with Crippen molar-refractivity contribution < 1.29 is 4.39 Å². The lowest BCUT2D eigenvalue weighted by atomic mass is 9.93. The molecule has 1 aliphatic rings. The molecule has 0 spiro atoms. The van der Waals surface area contributed by atoms with E-state index in [1.165, 1.54) is 18.9 Å². The van der Waals surface area contributed by atoms with Crippen LogP contribution in [0.1, 0.15) is 25.3 Å². The number of nitrogens with two attached hydrogens (primary N) is 1. The molecule has 1 aromatic rings. The van der Waals surface area contributed by atoms with Crippen LogP contribution in [0.2, 0.25) is 0 Å². The van der Waals surface area contributed by atoms with Crippen molar-refractivity contribution in [3.05, 3.63) is 35.6 Å². The molecule has 1 fully saturated rings. The van der Waals surface area contributed by atoms with Gasteiger partial charge < -0.3 is 5.73 Å². The van der Waals surface area contributed by atoms with Crippen LogP contribution in [-0.4, -0.2) is 6.04 Å². The Bertz CT molecular complexity index is 331. The molecule has 1 saturated carbocycles. The average Bonchev–Trinajstić information content (AvgIpc) is 2.85. The van der Waals surface area contributed by atoms with Crippen LogP contribution >= 0.6 is 0 Å². The minimum absolute atomic E-state index is 0.171. The third-order valence-corrected chi connectivity index (χ3v) is 3.28. The first-order valence-corrected chi connectivity index (χ1v) is 5.10. The normalized spacial score (nSPS) is 20.5. The summed E-state index contributed by atoms with van der Waals surface area (Å²) in [5, 5.41) is 0. The van der Waals surface area contributed by atoms with Crippen molar-refractivity contribution in [3.8, 4) is 0 Å². The van der Waals surface area contributed by atoms with Crippen molar-refractivity contribution in [3.63, 3.8) is 0 Å². The zero-order valence-electron chi connectivity index (χ0n) is 8.46. The molecule has 1 atom stereocenters. The predicted octanol–water partition coefficient (Wildman–Crippen LogP) is 2.50. The highest BCUT2D eigenvalue weighted by Crippen LogP contribution is 2.48. The van der Waals surface area contributed by atoms with Gasteiger partial charge in [0.1, 0.15) is 5.82 Å². The molecule has 1 unspecified atom stereocenters. The SMILES string of the molecule is CC1(C(N)Cc2cccc(F)c2)CC1. The molecule has 0 heterocycles. The summed E-state index contributed by atoms with van der Waals surface area (Å²) in [7, 11) is 0. The first-order chi connectivity index (χ1) is 6.60. The minimum atomic E-state index is -0.171. The highest BCUT2D eigenvalue weighted by molar-refractivity contribution is 5.18. The number of halogens is 1. The van der Waals surface area contributed by atoms with Crippen LogP contribution in [0.25, 0.3) is 0 Å². The van der Waals surface area contributed by atoms with E-state index in [1.54, 1.807) is 12.1 Å². The van der Waals surface area contributed by atoms with Gasteiger partial charge in [-0.3, -0.25) is 0 Å². The fraction of sp³-hybridized carbons (Fsp3) is 0.500. The Labute approximate surface area is 84.1 Å². The van der Waals surface area contributed by atoms with Crippen LogP contribution in [0.4, 0.5) is 4.39 Å².